The van der Waals surface area contributed by atoms with Crippen molar-refractivity contribution in [3.8, 4) is 17.2 Å². The van der Waals surface area contributed by atoms with Crippen molar-refractivity contribution in [2.24, 2.45) is 5.92 Å². The van der Waals surface area contributed by atoms with Crippen LogP contribution in [-0.4, -0.2) is 91.8 Å². The Morgan fingerprint density at radius 2 is 1.91 bits per heavy atom. The first kappa shape index (κ1) is 33.0. The zero-order valence-electron chi connectivity index (χ0n) is 26.8. The van der Waals surface area contributed by atoms with Crippen molar-refractivity contribution >= 4 is 17.7 Å². The van der Waals surface area contributed by atoms with Gasteiger partial charge >= 0.3 is 0 Å². The van der Waals surface area contributed by atoms with Crippen LogP contribution in [-0.2, 0) is 38.5 Å². The number of ether oxygens (including phenoxy) is 4. The lowest BCUT2D eigenvalue weighted by Gasteiger charge is -2.25. The standard InChI is InChI=1S/C34H42N4O8/c1-22(2)14-26-17-27(36-46-26)34(41)38-18-28-31(19-38)44-21-24-6-5-7-25(15-24)45-30-16-23(8-10-29(30)43-4)9-11-33(40)37(12-13-42-3)20-32(39)35-28/h5-8,10,15-17,22,28,31H,9,11-14,18-21H2,1-4H3,(H,35,39)/t28-,31-/m0/s1. The Kier molecular flexibility index (Phi) is 10.9. The van der Waals surface area contributed by atoms with Gasteiger partial charge in [-0.25, -0.2) is 0 Å². The number of likely N-dealkylation sites (tertiary alicyclic amines) is 1. The predicted molar refractivity (Wildman–Crippen MR) is 168 cm³/mol. The number of carbonyl (C=O) groups is 3. The smallest absolute Gasteiger partial charge is 0.276 e. The lowest BCUT2D eigenvalue weighted by atomic mass is 10.1. The summed E-state index contributed by atoms with van der Waals surface area (Å²) in [6, 6.07) is 14.2. The van der Waals surface area contributed by atoms with Crippen molar-refractivity contribution in [3.05, 3.63) is 71.1 Å². The molecule has 12 nitrogen and oxygen atoms in total. The fourth-order valence-corrected chi connectivity index (χ4v) is 5.64. The Bertz CT molecular complexity index is 1520. The molecule has 3 aromatic rings. The molecule has 46 heavy (non-hydrogen) atoms. The number of aryl methyl sites for hydroxylation is 1. The van der Waals surface area contributed by atoms with Gasteiger partial charge in [0.25, 0.3) is 5.91 Å². The second-order valence-corrected chi connectivity index (χ2v) is 12.1. The molecule has 12 heteroatoms. The van der Waals surface area contributed by atoms with Crippen LogP contribution in [0, 0.1) is 5.92 Å². The van der Waals surface area contributed by atoms with E-state index in [2.05, 4.69) is 24.3 Å². The average molecular weight is 635 g/mol. The first-order valence-electron chi connectivity index (χ1n) is 15.6. The average Bonchev–Trinajstić information content (AvgIpc) is 3.67. The van der Waals surface area contributed by atoms with Crippen LogP contribution in [0.4, 0.5) is 0 Å². The number of amides is 3. The third-order valence-electron chi connectivity index (χ3n) is 7.99. The summed E-state index contributed by atoms with van der Waals surface area (Å²) in [4.78, 5) is 43.3. The molecule has 4 bridgehead atoms. The van der Waals surface area contributed by atoms with Crippen molar-refractivity contribution in [2.75, 3.05) is 47.0 Å². The minimum Gasteiger partial charge on any atom is -0.493 e. The van der Waals surface area contributed by atoms with Crippen molar-refractivity contribution in [2.45, 2.75) is 51.9 Å². The maximum atomic E-state index is 13.4. The van der Waals surface area contributed by atoms with E-state index in [4.69, 9.17) is 23.5 Å². The number of fused-ring (bicyclic) bond motifs is 5. The molecular formula is C34H42N4O8. The first-order valence-corrected chi connectivity index (χ1v) is 15.6. The molecule has 1 N–H and O–H groups in total. The number of nitrogens with one attached hydrogen (secondary N) is 1. The second kappa shape index (κ2) is 15.2. The van der Waals surface area contributed by atoms with Crippen molar-refractivity contribution in [1.82, 2.24) is 20.3 Å². The van der Waals surface area contributed by atoms with E-state index in [9.17, 15) is 14.4 Å². The molecule has 0 unspecified atom stereocenters. The molecule has 2 aromatic carbocycles. The van der Waals surface area contributed by atoms with Gasteiger partial charge in [-0.2, -0.15) is 0 Å². The van der Waals surface area contributed by atoms with Gasteiger partial charge in [-0.1, -0.05) is 37.2 Å². The highest BCUT2D eigenvalue weighted by Gasteiger charge is 2.38. The van der Waals surface area contributed by atoms with E-state index in [-0.39, 0.29) is 69.2 Å². The fraction of sp³-hybridized carbons (Fsp3) is 0.471. The van der Waals surface area contributed by atoms with Crippen LogP contribution in [0.3, 0.4) is 0 Å². The van der Waals surface area contributed by atoms with Crippen molar-refractivity contribution in [1.29, 1.82) is 0 Å². The van der Waals surface area contributed by atoms with Gasteiger partial charge in [-0.05, 0) is 47.7 Å². The topological polar surface area (TPSA) is 133 Å². The van der Waals surface area contributed by atoms with Crippen LogP contribution in [0.15, 0.2) is 53.1 Å². The highest BCUT2D eigenvalue weighted by atomic mass is 16.5. The number of methoxy groups -OCH3 is 2. The molecular weight excluding hydrogens is 592 g/mol. The van der Waals surface area contributed by atoms with E-state index in [0.29, 0.717) is 41.8 Å². The minimum absolute atomic E-state index is 0.153. The number of hydrogen-bond acceptors (Lipinski definition) is 9. The monoisotopic (exact) mass is 634 g/mol. The summed E-state index contributed by atoms with van der Waals surface area (Å²) in [5, 5.41) is 7.03. The number of aromatic nitrogens is 1. The van der Waals surface area contributed by atoms with E-state index in [1.165, 1.54) is 4.90 Å². The summed E-state index contributed by atoms with van der Waals surface area (Å²) in [6.07, 6.45) is 0.787. The van der Waals surface area contributed by atoms with Gasteiger partial charge in [0.15, 0.2) is 17.2 Å². The SMILES string of the molecule is COCCN1CC(=O)N[C@H]2CN(C(=O)c3cc(CC(C)C)on3)C[C@@H]2OCc2cccc(c2)Oc2cc(ccc2OC)CCC1=O. The summed E-state index contributed by atoms with van der Waals surface area (Å²) < 4.78 is 28.7. The van der Waals surface area contributed by atoms with E-state index >= 15 is 0 Å². The lowest BCUT2D eigenvalue weighted by Crippen LogP contribution is -2.49. The van der Waals surface area contributed by atoms with Crippen molar-refractivity contribution in [3.63, 3.8) is 0 Å². The number of hydrogen-bond donors (Lipinski definition) is 1. The van der Waals surface area contributed by atoms with E-state index < -0.39 is 12.1 Å². The molecule has 2 atom stereocenters. The molecule has 2 aliphatic rings. The lowest BCUT2D eigenvalue weighted by molar-refractivity contribution is -0.137. The van der Waals surface area contributed by atoms with Gasteiger partial charge < -0.3 is 38.6 Å². The van der Waals surface area contributed by atoms with Crippen LogP contribution in [0.2, 0.25) is 0 Å². The molecule has 1 aromatic heterocycles. The molecule has 2 aliphatic heterocycles. The Hall–Kier alpha value is -4.42. The molecule has 3 amide bonds. The fourth-order valence-electron chi connectivity index (χ4n) is 5.64. The van der Waals surface area contributed by atoms with E-state index in [0.717, 1.165) is 11.1 Å². The Morgan fingerprint density at radius 1 is 1.07 bits per heavy atom. The minimum atomic E-state index is -0.515. The third kappa shape index (κ3) is 8.43. The summed E-state index contributed by atoms with van der Waals surface area (Å²) in [6.45, 7) is 5.18. The second-order valence-electron chi connectivity index (χ2n) is 12.1. The highest BCUT2D eigenvalue weighted by Crippen LogP contribution is 2.33. The maximum Gasteiger partial charge on any atom is 0.276 e. The highest BCUT2D eigenvalue weighted by molar-refractivity contribution is 5.92. The Labute approximate surface area is 268 Å². The molecule has 0 radical (unpaired) electrons. The zero-order valence-corrected chi connectivity index (χ0v) is 26.8. The quantitative estimate of drug-likeness (QED) is 0.414. The van der Waals surface area contributed by atoms with Gasteiger partial charge in [-0.3, -0.25) is 14.4 Å². The molecule has 246 valence electrons. The predicted octanol–water partition coefficient (Wildman–Crippen LogP) is 3.62. The first-order chi connectivity index (χ1) is 22.2. The van der Waals surface area contributed by atoms with Crippen LogP contribution in [0.5, 0.6) is 17.2 Å². The van der Waals surface area contributed by atoms with Crippen LogP contribution < -0.4 is 14.8 Å². The van der Waals surface area contributed by atoms with Crippen LogP contribution >= 0.6 is 0 Å². The molecule has 5 rings (SSSR count). The van der Waals surface area contributed by atoms with Gasteiger partial charge in [0, 0.05) is 45.7 Å². The largest absolute Gasteiger partial charge is 0.493 e. The number of carbonyl (C=O) groups excluding carboxylic acids is 3. The van der Waals surface area contributed by atoms with Crippen molar-refractivity contribution < 1.29 is 37.9 Å². The molecule has 0 aliphatic carbocycles. The maximum absolute atomic E-state index is 13.4. The summed E-state index contributed by atoms with van der Waals surface area (Å²) in [5.41, 5.74) is 1.96. The zero-order chi connectivity index (χ0) is 32.6. The van der Waals surface area contributed by atoms with Gasteiger partial charge in [-0.15, -0.1) is 0 Å². The molecule has 3 heterocycles. The Balaban J connectivity index is 1.40. The van der Waals surface area contributed by atoms with E-state index in [1.54, 1.807) is 25.2 Å². The van der Waals surface area contributed by atoms with Gasteiger partial charge in [0.05, 0.1) is 39.0 Å². The number of rotatable bonds is 7. The summed E-state index contributed by atoms with van der Waals surface area (Å²) in [5.74, 6) is 1.85. The number of benzene rings is 2. The summed E-state index contributed by atoms with van der Waals surface area (Å²) >= 11 is 0. The normalized spacial score (nSPS) is 19.2. The third-order valence-corrected chi connectivity index (χ3v) is 7.99. The molecule has 0 spiro atoms. The van der Waals surface area contributed by atoms with Gasteiger partial charge in [0.2, 0.25) is 11.8 Å². The van der Waals surface area contributed by atoms with Gasteiger partial charge in [0.1, 0.15) is 11.5 Å². The molecule has 0 saturated carbocycles. The number of nitrogens with zero attached hydrogens (tertiary/aromatic N) is 3. The summed E-state index contributed by atoms with van der Waals surface area (Å²) in [7, 11) is 3.12. The Morgan fingerprint density at radius 3 is 2.70 bits per heavy atom. The molecule has 1 saturated heterocycles. The molecule has 1 fully saturated rings. The van der Waals surface area contributed by atoms with E-state index in [1.807, 2.05) is 42.5 Å². The van der Waals surface area contributed by atoms with Crippen LogP contribution in [0.1, 0.15) is 47.6 Å². The van der Waals surface area contributed by atoms with Crippen LogP contribution in [0.25, 0.3) is 0 Å².